The Bertz CT molecular complexity index is 914. The van der Waals surface area contributed by atoms with Crippen LogP contribution in [0.5, 0.6) is 5.75 Å². The molecule has 4 rings (SSSR count). The van der Waals surface area contributed by atoms with Crippen LogP contribution in [0, 0.1) is 5.92 Å². The highest BCUT2D eigenvalue weighted by molar-refractivity contribution is 6.05. The number of amides is 3. The van der Waals surface area contributed by atoms with E-state index < -0.39 is 23.9 Å². The molecule has 3 amide bonds. The van der Waals surface area contributed by atoms with E-state index in [0.29, 0.717) is 48.1 Å². The molecule has 1 aromatic rings. The van der Waals surface area contributed by atoms with E-state index in [4.69, 9.17) is 14.9 Å². The number of para-hydroxylation sites is 1. The van der Waals surface area contributed by atoms with Gasteiger partial charge in [0.2, 0.25) is 0 Å². The topological polar surface area (TPSA) is 145 Å². The lowest BCUT2D eigenvalue weighted by atomic mass is 9.98. The average Bonchev–Trinajstić information content (AvgIpc) is 3.59. The van der Waals surface area contributed by atoms with Gasteiger partial charge >= 0.3 is 18.0 Å². The molecule has 4 N–H and O–H groups in total. The van der Waals surface area contributed by atoms with Gasteiger partial charge in [-0.2, -0.15) is 0 Å². The molecule has 3 aliphatic rings. The molecule has 0 radical (unpaired) electrons. The highest BCUT2D eigenvalue weighted by Crippen LogP contribution is 2.34. The number of piperidine rings is 1. The van der Waals surface area contributed by atoms with Crippen LogP contribution in [0.25, 0.3) is 0 Å². The van der Waals surface area contributed by atoms with Crippen molar-refractivity contribution >= 4 is 23.9 Å². The zero-order chi connectivity index (χ0) is 24.7. The zero-order valence-electron chi connectivity index (χ0n) is 19.1. The lowest BCUT2D eigenvalue weighted by Gasteiger charge is -2.36. The molecule has 2 heterocycles. The normalized spacial score (nSPS) is 23.5. The predicted molar refractivity (Wildman–Crippen MR) is 123 cm³/mol. The van der Waals surface area contributed by atoms with Crippen LogP contribution in [0.1, 0.15) is 48.9 Å². The second-order valence-corrected chi connectivity index (χ2v) is 8.91. The Morgan fingerprint density at radius 2 is 1.59 bits per heavy atom. The van der Waals surface area contributed by atoms with Gasteiger partial charge in [-0.25, -0.2) is 14.4 Å². The number of urea groups is 1. The summed E-state index contributed by atoms with van der Waals surface area (Å²) >= 11 is 0. The van der Waals surface area contributed by atoms with E-state index in [9.17, 15) is 19.2 Å². The van der Waals surface area contributed by atoms with Crippen molar-refractivity contribution in [3.8, 4) is 5.75 Å². The fourth-order valence-electron chi connectivity index (χ4n) is 4.34. The fraction of sp³-hybridized carbons (Fsp3) is 0.500. The van der Waals surface area contributed by atoms with E-state index in [-0.39, 0.29) is 6.04 Å². The van der Waals surface area contributed by atoms with Crippen LogP contribution < -0.4 is 15.4 Å². The van der Waals surface area contributed by atoms with Crippen molar-refractivity contribution in [1.82, 2.24) is 15.5 Å². The Morgan fingerprint density at radius 1 is 1.00 bits per heavy atom. The molecule has 0 spiro atoms. The number of rotatable bonds is 7. The summed E-state index contributed by atoms with van der Waals surface area (Å²) < 4.78 is 5.76. The number of nitrogens with zero attached hydrogens (tertiary/aromatic N) is 1. The number of carbonyl (C=O) groups is 4. The maximum absolute atomic E-state index is 12.5. The van der Waals surface area contributed by atoms with Gasteiger partial charge in [-0.15, -0.1) is 0 Å². The quantitative estimate of drug-likeness (QED) is 0.441. The smallest absolute Gasteiger partial charge is 0.328 e. The van der Waals surface area contributed by atoms with Gasteiger partial charge in [0.25, 0.3) is 5.91 Å². The number of carboxylic acids is 2. The number of carboxylic acid groups (broad SMARTS) is 2. The molecular weight excluding hydrogens is 442 g/mol. The van der Waals surface area contributed by atoms with Gasteiger partial charge in [-0.05, 0) is 63.6 Å². The molecule has 184 valence electrons. The maximum Gasteiger partial charge on any atom is 0.328 e. The molecule has 0 aromatic heterocycles. The van der Waals surface area contributed by atoms with Gasteiger partial charge in [0.15, 0.2) is 0 Å². The minimum Gasteiger partial charge on any atom is -0.492 e. The highest BCUT2D eigenvalue weighted by Gasteiger charge is 2.38. The van der Waals surface area contributed by atoms with E-state index in [0.717, 1.165) is 12.8 Å². The van der Waals surface area contributed by atoms with Crippen LogP contribution in [0.4, 0.5) is 4.79 Å². The van der Waals surface area contributed by atoms with Crippen molar-refractivity contribution in [2.45, 2.75) is 56.7 Å². The minimum atomic E-state index is -1.26. The van der Waals surface area contributed by atoms with Crippen molar-refractivity contribution in [1.29, 1.82) is 0 Å². The lowest BCUT2D eigenvalue weighted by Crippen LogP contribution is -2.51. The molecule has 10 heteroatoms. The van der Waals surface area contributed by atoms with E-state index in [2.05, 4.69) is 22.6 Å². The van der Waals surface area contributed by atoms with Crippen LogP contribution >= 0.6 is 0 Å². The summed E-state index contributed by atoms with van der Waals surface area (Å²) in [6.07, 6.45) is 7.80. The average molecular weight is 474 g/mol. The van der Waals surface area contributed by atoms with Gasteiger partial charge in [-0.1, -0.05) is 12.1 Å². The Balaban J connectivity index is 0.000000350. The maximum atomic E-state index is 12.5. The number of ether oxygens (including phenoxy) is 1. The Hall–Kier alpha value is -3.40. The van der Waals surface area contributed by atoms with Crippen molar-refractivity contribution in [3.63, 3.8) is 0 Å². The summed E-state index contributed by atoms with van der Waals surface area (Å²) in [5, 5.41) is 21.1. The largest absolute Gasteiger partial charge is 0.492 e. The van der Waals surface area contributed by atoms with Crippen LogP contribution in [-0.2, 0) is 9.59 Å². The van der Waals surface area contributed by atoms with E-state index >= 15 is 0 Å². The standard InChI is InChI=1S/C20H27N3O3.C4H4O4/c1-23-15-8-9-16(23)11-14(10-15)21-20(25)22-19(24)17-4-2-3-5-18(17)26-12-13-6-7-13;5-3(6)1-2-4(7)8/h2-5,13-16H,6-12H2,1H3,(H2,21,22,24,25);1-2H,(H,5,6)(H,7,8)/b;2-1-. The van der Waals surface area contributed by atoms with Gasteiger partial charge in [0.1, 0.15) is 5.75 Å². The fourth-order valence-corrected chi connectivity index (χ4v) is 4.34. The summed E-state index contributed by atoms with van der Waals surface area (Å²) in [4.78, 5) is 46.3. The summed E-state index contributed by atoms with van der Waals surface area (Å²) in [6.45, 7) is 0.634. The molecule has 2 aliphatic heterocycles. The van der Waals surface area contributed by atoms with Gasteiger partial charge in [0, 0.05) is 30.3 Å². The first-order valence-corrected chi connectivity index (χ1v) is 11.4. The van der Waals surface area contributed by atoms with Crippen LogP contribution in [-0.4, -0.2) is 70.8 Å². The molecule has 2 unspecified atom stereocenters. The first-order chi connectivity index (χ1) is 16.2. The van der Waals surface area contributed by atoms with Gasteiger partial charge in [-0.3, -0.25) is 10.1 Å². The number of imide groups is 1. The monoisotopic (exact) mass is 473 g/mol. The molecule has 2 saturated heterocycles. The summed E-state index contributed by atoms with van der Waals surface area (Å²) in [5.41, 5.74) is 0.409. The third-order valence-corrected chi connectivity index (χ3v) is 6.33. The molecule has 1 aliphatic carbocycles. The Morgan fingerprint density at radius 3 is 2.15 bits per heavy atom. The lowest BCUT2D eigenvalue weighted by molar-refractivity contribution is -0.134. The van der Waals surface area contributed by atoms with Crippen LogP contribution in [0.15, 0.2) is 36.4 Å². The molecule has 1 aromatic carbocycles. The SMILES string of the molecule is CN1C2CCC1CC(NC(=O)NC(=O)c1ccccc1OCC1CC1)C2.O=C(O)/C=C\C(=O)O. The molecule has 2 atom stereocenters. The van der Waals surface area contributed by atoms with Crippen LogP contribution in [0.2, 0.25) is 0 Å². The van der Waals surface area contributed by atoms with Crippen molar-refractivity contribution < 1.29 is 34.1 Å². The molecule has 3 fully saturated rings. The summed E-state index contributed by atoms with van der Waals surface area (Å²) in [5.74, 6) is -1.78. The first kappa shape index (κ1) is 25.2. The molecule has 2 bridgehead atoms. The third-order valence-electron chi connectivity index (χ3n) is 6.33. The second kappa shape index (κ2) is 11.6. The van der Waals surface area contributed by atoms with Crippen molar-refractivity contribution in [3.05, 3.63) is 42.0 Å². The van der Waals surface area contributed by atoms with Crippen LogP contribution in [0.3, 0.4) is 0 Å². The number of benzene rings is 1. The van der Waals surface area contributed by atoms with Crippen molar-refractivity contribution in [2.24, 2.45) is 5.92 Å². The number of aliphatic carboxylic acids is 2. The molecule has 1 saturated carbocycles. The zero-order valence-corrected chi connectivity index (χ0v) is 19.1. The second-order valence-electron chi connectivity index (χ2n) is 8.91. The highest BCUT2D eigenvalue weighted by atomic mass is 16.5. The summed E-state index contributed by atoms with van der Waals surface area (Å²) in [7, 11) is 2.17. The van der Waals surface area contributed by atoms with E-state index in [1.807, 2.05) is 6.07 Å². The number of carbonyl (C=O) groups excluding carboxylic acids is 2. The number of hydrogen-bond acceptors (Lipinski definition) is 6. The minimum absolute atomic E-state index is 0.137. The number of hydrogen-bond donors (Lipinski definition) is 4. The van der Waals surface area contributed by atoms with Gasteiger partial charge in [0.05, 0.1) is 12.2 Å². The predicted octanol–water partition coefficient (Wildman–Crippen LogP) is 2.25. The van der Waals surface area contributed by atoms with E-state index in [1.54, 1.807) is 18.2 Å². The molecular formula is C24H31N3O7. The molecule has 34 heavy (non-hydrogen) atoms. The van der Waals surface area contributed by atoms with Crippen molar-refractivity contribution in [2.75, 3.05) is 13.7 Å². The van der Waals surface area contributed by atoms with Gasteiger partial charge < -0.3 is 25.2 Å². The summed E-state index contributed by atoms with van der Waals surface area (Å²) in [6, 6.07) is 7.92. The first-order valence-electron chi connectivity index (χ1n) is 11.4. The Labute approximate surface area is 198 Å². The third kappa shape index (κ3) is 7.58. The van der Waals surface area contributed by atoms with E-state index in [1.165, 1.54) is 25.7 Å². The Kier molecular flexibility index (Phi) is 8.64. The number of nitrogens with one attached hydrogen (secondary N) is 2. The molecule has 10 nitrogen and oxygen atoms in total. The number of fused-ring (bicyclic) bond motifs is 2.